The number of aryl methyl sites for hydroxylation is 2. The lowest BCUT2D eigenvalue weighted by Gasteiger charge is -2.10. The number of ether oxygens (including phenoxy) is 2. The van der Waals surface area contributed by atoms with Gasteiger partial charge in [-0.05, 0) is 54.7 Å². The molecular weight excluding hydrogens is 267 g/mol. The highest BCUT2D eigenvalue weighted by Crippen LogP contribution is 2.16. The van der Waals surface area contributed by atoms with Gasteiger partial charge in [0.05, 0.1) is 0 Å². The molecular formula is C16H19BO4. The summed E-state index contributed by atoms with van der Waals surface area (Å²) in [4.78, 5) is 0. The topological polar surface area (TPSA) is 58.9 Å². The molecule has 2 aromatic carbocycles. The van der Waals surface area contributed by atoms with Crippen LogP contribution in [0.1, 0.15) is 11.1 Å². The highest BCUT2D eigenvalue weighted by atomic mass is 16.5. The molecule has 0 aromatic heterocycles. The molecule has 2 rings (SSSR count). The van der Waals surface area contributed by atoms with E-state index in [2.05, 4.69) is 6.07 Å². The van der Waals surface area contributed by atoms with E-state index in [-0.39, 0.29) is 0 Å². The summed E-state index contributed by atoms with van der Waals surface area (Å²) in [6, 6.07) is 12.8. The first-order valence-corrected chi connectivity index (χ1v) is 6.84. The normalized spacial score (nSPS) is 10.3. The second-order valence-electron chi connectivity index (χ2n) is 4.97. The van der Waals surface area contributed by atoms with Crippen LogP contribution in [0.25, 0.3) is 0 Å². The predicted octanol–water partition coefficient (Wildman–Crippen LogP) is 1.44. The Hall–Kier alpha value is -1.98. The Labute approximate surface area is 125 Å². The fourth-order valence-corrected chi connectivity index (χ4v) is 2.10. The molecule has 110 valence electrons. The minimum atomic E-state index is -1.49. The molecule has 0 fully saturated rings. The zero-order chi connectivity index (χ0) is 15.2. The van der Waals surface area contributed by atoms with Gasteiger partial charge in [-0.1, -0.05) is 18.2 Å². The molecule has 0 heterocycles. The molecule has 2 N–H and O–H groups in total. The van der Waals surface area contributed by atoms with Crippen molar-refractivity contribution in [2.45, 2.75) is 13.8 Å². The Balaban J connectivity index is 1.83. The van der Waals surface area contributed by atoms with E-state index in [0.29, 0.717) is 24.4 Å². The van der Waals surface area contributed by atoms with Crippen LogP contribution in [0.4, 0.5) is 0 Å². The molecule has 0 aliphatic rings. The molecule has 0 saturated carbocycles. The number of hydrogen-bond acceptors (Lipinski definition) is 4. The molecule has 0 atom stereocenters. The standard InChI is InChI=1S/C16H19BO4/c1-12-8-13(2)10-16(9-12)21-7-6-20-15-5-3-4-14(11-15)17(18)19/h3-5,8-11,18-19H,6-7H2,1-2H3. The lowest BCUT2D eigenvalue weighted by Crippen LogP contribution is -2.29. The summed E-state index contributed by atoms with van der Waals surface area (Å²) in [5.74, 6) is 1.42. The molecule has 0 aliphatic heterocycles. The van der Waals surface area contributed by atoms with Gasteiger partial charge >= 0.3 is 7.12 Å². The van der Waals surface area contributed by atoms with Crippen molar-refractivity contribution in [2.24, 2.45) is 0 Å². The maximum atomic E-state index is 9.10. The van der Waals surface area contributed by atoms with E-state index < -0.39 is 7.12 Å². The van der Waals surface area contributed by atoms with Gasteiger partial charge in [0.2, 0.25) is 0 Å². The highest BCUT2D eigenvalue weighted by Gasteiger charge is 2.10. The second kappa shape index (κ2) is 7.15. The lowest BCUT2D eigenvalue weighted by atomic mass is 9.80. The maximum absolute atomic E-state index is 9.10. The average Bonchev–Trinajstić information content (AvgIpc) is 2.43. The van der Waals surface area contributed by atoms with Crippen LogP contribution in [-0.2, 0) is 0 Å². The van der Waals surface area contributed by atoms with Gasteiger partial charge < -0.3 is 19.5 Å². The van der Waals surface area contributed by atoms with Crippen LogP contribution in [-0.4, -0.2) is 30.4 Å². The van der Waals surface area contributed by atoms with Crippen molar-refractivity contribution < 1.29 is 19.5 Å². The molecule has 0 saturated heterocycles. The summed E-state index contributed by atoms with van der Waals surface area (Å²) in [6.07, 6.45) is 0. The molecule has 21 heavy (non-hydrogen) atoms. The third kappa shape index (κ3) is 4.81. The van der Waals surface area contributed by atoms with Crippen LogP contribution >= 0.6 is 0 Å². The number of benzene rings is 2. The van der Waals surface area contributed by atoms with E-state index in [0.717, 1.165) is 16.9 Å². The molecule has 0 unspecified atom stereocenters. The Morgan fingerprint density at radius 1 is 0.857 bits per heavy atom. The second-order valence-corrected chi connectivity index (χ2v) is 4.97. The van der Waals surface area contributed by atoms with E-state index in [9.17, 15) is 0 Å². The van der Waals surface area contributed by atoms with E-state index in [1.165, 1.54) is 0 Å². The SMILES string of the molecule is Cc1cc(C)cc(OCCOc2cccc(B(O)O)c2)c1. The van der Waals surface area contributed by atoms with Gasteiger partial charge in [-0.25, -0.2) is 0 Å². The fraction of sp³-hybridized carbons (Fsp3) is 0.250. The van der Waals surface area contributed by atoms with Crippen molar-refractivity contribution in [3.8, 4) is 11.5 Å². The monoisotopic (exact) mass is 286 g/mol. The van der Waals surface area contributed by atoms with E-state index in [1.54, 1.807) is 24.3 Å². The minimum absolute atomic E-state index is 0.387. The summed E-state index contributed by atoms with van der Waals surface area (Å²) in [7, 11) is -1.49. The van der Waals surface area contributed by atoms with Gasteiger partial charge in [0.1, 0.15) is 24.7 Å². The first-order chi connectivity index (χ1) is 10.0. The van der Waals surface area contributed by atoms with Gasteiger partial charge in [-0.2, -0.15) is 0 Å². The van der Waals surface area contributed by atoms with Crippen LogP contribution in [0.5, 0.6) is 11.5 Å². The van der Waals surface area contributed by atoms with Gasteiger partial charge in [0, 0.05) is 0 Å². The molecule has 0 aliphatic carbocycles. The predicted molar refractivity (Wildman–Crippen MR) is 83.2 cm³/mol. The van der Waals surface area contributed by atoms with Gasteiger partial charge in [-0.15, -0.1) is 0 Å². The minimum Gasteiger partial charge on any atom is -0.490 e. The third-order valence-corrected chi connectivity index (χ3v) is 2.97. The molecule has 5 heteroatoms. The van der Waals surface area contributed by atoms with E-state index >= 15 is 0 Å². The number of rotatable bonds is 6. The number of hydrogen-bond donors (Lipinski definition) is 2. The van der Waals surface area contributed by atoms with E-state index in [4.69, 9.17) is 19.5 Å². The fourth-order valence-electron chi connectivity index (χ4n) is 2.10. The molecule has 4 nitrogen and oxygen atoms in total. The van der Waals surface area contributed by atoms with Crippen LogP contribution in [0.2, 0.25) is 0 Å². The van der Waals surface area contributed by atoms with Crippen molar-refractivity contribution >= 4 is 12.6 Å². The molecule has 0 radical (unpaired) electrons. The van der Waals surface area contributed by atoms with Gasteiger partial charge in [0.25, 0.3) is 0 Å². The van der Waals surface area contributed by atoms with Crippen molar-refractivity contribution in [2.75, 3.05) is 13.2 Å². The Morgan fingerprint density at radius 2 is 1.48 bits per heavy atom. The highest BCUT2D eigenvalue weighted by molar-refractivity contribution is 6.58. The van der Waals surface area contributed by atoms with Gasteiger partial charge in [0.15, 0.2) is 0 Å². The molecule has 0 spiro atoms. The Bertz CT molecular complexity index is 578. The summed E-state index contributed by atoms with van der Waals surface area (Å²) < 4.78 is 11.2. The Morgan fingerprint density at radius 3 is 2.10 bits per heavy atom. The maximum Gasteiger partial charge on any atom is 0.488 e. The zero-order valence-electron chi connectivity index (χ0n) is 12.2. The summed E-state index contributed by atoms with van der Waals surface area (Å²) in [5, 5.41) is 18.2. The summed E-state index contributed by atoms with van der Waals surface area (Å²) >= 11 is 0. The van der Waals surface area contributed by atoms with Crippen LogP contribution in [0, 0.1) is 13.8 Å². The van der Waals surface area contributed by atoms with Crippen molar-refractivity contribution in [3.05, 3.63) is 53.6 Å². The third-order valence-electron chi connectivity index (χ3n) is 2.97. The average molecular weight is 286 g/mol. The van der Waals surface area contributed by atoms with Crippen molar-refractivity contribution in [1.82, 2.24) is 0 Å². The summed E-state index contributed by atoms with van der Waals surface area (Å²) in [6.45, 7) is 4.87. The first-order valence-electron chi connectivity index (χ1n) is 6.84. The largest absolute Gasteiger partial charge is 0.490 e. The molecule has 2 aromatic rings. The summed E-state index contributed by atoms with van der Waals surface area (Å²) in [5.41, 5.74) is 2.73. The molecule has 0 bridgehead atoms. The quantitative estimate of drug-likeness (QED) is 0.623. The van der Waals surface area contributed by atoms with Gasteiger partial charge in [-0.3, -0.25) is 0 Å². The zero-order valence-corrected chi connectivity index (χ0v) is 12.2. The molecule has 0 amide bonds. The van der Waals surface area contributed by atoms with Crippen molar-refractivity contribution in [1.29, 1.82) is 0 Å². The smallest absolute Gasteiger partial charge is 0.488 e. The lowest BCUT2D eigenvalue weighted by molar-refractivity contribution is 0.217. The Kier molecular flexibility index (Phi) is 5.25. The van der Waals surface area contributed by atoms with Crippen LogP contribution in [0.3, 0.4) is 0 Å². The van der Waals surface area contributed by atoms with E-state index in [1.807, 2.05) is 26.0 Å². The van der Waals surface area contributed by atoms with Crippen LogP contribution < -0.4 is 14.9 Å². The first kappa shape index (κ1) is 15.4. The van der Waals surface area contributed by atoms with Crippen molar-refractivity contribution in [3.63, 3.8) is 0 Å². The van der Waals surface area contributed by atoms with Crippen LogP contribution in [0.15, 0.2) is 42.5 Å².